The third kappa shape index (κ3) is 4.52. The Morgan fingerprint density at radius 3 is 2.67 bits per heavy atom. The van der Waals surface area contributed by atoms with Gasteiger partial charge in [-0.3, -0.25) is 9.59 Å². The molecule has 2 aromatic rings. The van der Waals surface area contributed by atoms with E-state index < -0.39 is 0 Å². The molecule has 0 saturated carbocycles. The highest BCUT2D eigenvalue weighted by atomic mass is 16.5. The first-order chi connectivity index (χ1) is 13.1. The molecule has 0 unspecified atom stereocenters. The SMILES string of the molecule is COc1ccccc1CNC(=O)c1cc(C)nc(N2CCN(C=O)CC2)n1. The van der Waals surface area contributed by atoms with Crippen molar-refractivity contribution in [2.24, 2.45) is 0 Å². The summed E-state index contributed by atoms with van der Waals surface area (Å²) in [5.41, 5.74) is 1.94. The molecule has 0 aliphatic carbocycles. The van der Waals surface area contributed by atoms with Gasteiger partial charge in [-0.1, -0.05) is 18.2 Å². The van der Waals surface area contributed by atoms with Gasteiger partial charge in [0.1, 0.15) is 11.4 Å². The van der Waals surface area contributed by atoms with Crippen LogP contribution in [0.1, 0.15) is 21.7 Å². The van der Waals surface area contributed by atoms with Gasteiger partial charge in [0.05, 0.1) is 7.11 Å². The monoisotopic (exact) mass is 369 g/mol. The topological polar surface area (TPSA) is 87.7 Å². The largest absolute Gasteiger partial charge is 0.496 e. The Hall–Kier alpha value is -3.16. The third-order valence-corrected chi connectivity index (χ3v) is 4.45. The summed E-state index contributed by atoms with van der Waals surface area (Å²) in [6, 6.07) is 9.21. The van der Waals surface area contributed by atoms with Crippen LogP contribution in [0.25, 0.3) is 0 Å². The van der Waals surface area contributed by atoms with Crippen LogP contribution in [0.4, 0.5) is 5.95 Å². The molecule has 1 aliphatic rings. The van der Waals surface area contributed by atoms with E-state index in [1.165, 1.54) is 0 Å². The number of nitrogens with zero attached hydrogens (tertiary/aromatic N) is 4. The first kappa shape index (κ1) is 18.6. The standard InChI is InChI=1S/C19H23N5O3/c1-14-11-16(18(26)20-12-15-5-3-4-6-17(15)27-2)22-19(21-14)24-9-7-23(13-25)8-10-24/h3-6,11,13H,7-10,12H2,1-2H3,(H,20,26). The molecule has 1 saturated heterocycles. The van der Waals surface area contributed by atoms with Crippen molar-refractivity contribution in [1.82, 2.24) is 20.2 Å². The van der Waals surface area contributed by atoms with Gasteiger partial charge in [0.25, 0.3) is 5.91 Å². The molecule has 2 heterocycles. The molecule has 0 radical (unpaired) electrons. The van der Waals surface area contributed by atoms with Gasteiger partial charge in [-0.15, -0.1) is 0 Å². The summed E-state index contributed by atoms with van der Waals surface area (Å²) in [6.07, 6.45) is 0.852. The highest BCUT2D eigenvalue weighted by Crippen LogP contribution is 2.17. The van der Waals surface area contributed by atoms with Crippen LogP contribution < -0.4 is 15.0 Å². The number of rotatable bonds is 6. The van der Waals surface area contributed by atoms with Crippen molar-refractivity contribution in [3.05, 3.63) is 47.3 Å². The van der Waals surface area contributed by atoms with E-state index in [9.17, 15) is 9.59 Å². The van der Waals surface area contributed by atoms with E-state index in [0.29, 0.717) is 44.4 Å². The lowest BCUT2D eigenvalue weighted by atomic mass is 10.2. The van der Waals surface area contributed by atoms with Crippen molar-refractivity contribution in [2.45, 2.75) is 13.5 Å². The van der Waals surface area contributed by atoms with Crippen LogP contribution in [-0.2, 0) is 11.3 Å². The van der Waals surface area contributed by atoms with E-state index in [4.69, 9.17) is 4.74 Å². The molecule has 1 N–H and O–H groups in total. The minimum Gasteiger partial charge on any atom is -0.496 e. The van der Waals surface area contributed by atoms with Gasteiger partial charge in [0.2, 0.25) is 12.4 Å². The smallest absolute Gasteiger partial charge is 0.270 e. The van der Waals surface area contributed by atoms with E-state index in [1.54, 1.807) is 18.1 Å². The molecule has 0 bridgehead atoms. The number of ether oxygens (including phenoxy) is 1. The van der Waals surface area contributed by atoms with Crippen LogP contribution in [0.3, 0.4) is 0 Å². The zero-order valence-electron chi connectivity index (χ0n) is 15.5. The summed E-state index contributed by atoms with van der Waals surface area (Å²) in [5.74, 6) is 0.979. The van der Waals surface area contributed by atoms with Crippen molar-refractivity contribution < 1.29 is 14.3 Å². The average Bonchev–Trinajstić information content (AvgIpc) is 2.71. The van der Waals surface area contributed by atoms with Crippen LogP contribution in [0.2, 0.25) is 0 Å². The summed E-state index contributed by atoms with van der Waals surface area (Å²) >= 11 is 0. The number of hydrogen-bond donors (Lipinski definition) is 1. The molecule has 1 aliphatic heterocycles. The van der Waals surface area contributed by atoms with E-state index in [1.807, 2.05) is 36.1 Å². The fourth-order valence-electron chi connectivity index (χ4n) is 2.95. The van der Waals surface area contributed by atoms with Gasteiger partial charge < -0.3 is 19.9 Å². The van der Waals surface area contributed by atoms with Gasteiger partial charge >= 0.3 is 0 Å². The van der Waals surface area contributed by atoms with E-state index in [2.05, 4.69) is 15.3 Å². The summed E-state index contributed by atoms with van der Waals surface area (Å²) in [5, 5.41) is 2.88. The molecular formula is C19H23N5O3. The summed E-state index contributed by atoms with van der Waals surface area (Å²) < 4.78 is 5.31. The molecule has 1 fully saturated rings. The number of aromatic nitrogens is 2. The highest BCUT2D eigenvalue weighted by molar-refractivity contribution is 5.92. The molecule has 3 rings (SSSR count). The number of para-hydroxylation sites is 1. The Balaban J connectivity index is 1.70. The van der Waals surface area contributed by atoms with Crippen LogP contribution >= 0.6 is 0 Å². The molecule has 8 nitrogen and oxygen atoms in total. The van der Waals surface area contributed by atoms with Crippen LogP contribution in [-0.4, -0.2) is 60.5 Å². The lowest BCUT2D eigenvalue weighted by Gasteiger charge is -2.32. The first-order valence-electron chi connectivity index (χ1n) is 8.81. The number of benzene rings is 1. The van der Waals surface area contributed by atoms with Gasteiger partial charge in [-0.25, -0.2) is 9.97 Å². The Kier molecular flexibility index (Phi) is 5.85. The Labute approximate surface area is 158 Å². The lowest BCUT2D eigenvalue weighted by Crippen LogP contribution is -2.46. The predicted molar refractivity (Wildman–Crippen MR) is 101 cm³/mol. The fraction of sp³-hybridized carbons (Fsp3) is 0.368. The fourth-order valence-corrected chi connectivity index (χ4v) is 2.95. The molecule has 0 spiro atoms. The number of hydrogen-bond acceptors (Lipinski definition) is 6. The highest BCUT2D eigenvalue weighted by Gasteiger charge is 2.20. The Bertz CT molecular complexity index is 819. The first-order valence-corrected chi connectivity index (χ1v) is 8.81. The Morgan fingerprint density at radius 1 is 1.22 bits per heavy atom. The van der Waals surface area contributed by atoms with Crippen molar-refractivity contribution >= 4 is 18.3 Å². The number of carbonyl (C=O) groups is 2. The molecule has 142 valence electrons. The molecule has 2 amide bonds. The summed E-state index contributed by atoms with van der Waals surface area (Å²) in [6.45, 7) is 4.71. The molecule has 8 heteroatoms. The molecular weight excluding hydrogens is 346 g/mol. The van der Waals surface area contributed by atoms with E-state index in [0.717, 1.165) is 23.4 Å². The summed E-state index contributed by atoms with van der Waals surface area (Å²) in [7, 11) is 1.60. The second-order valence-electron chi connectivity index (χ2n) is 6.32. The molecule has 1 aromatic heterocycles. The molecule has 1 aromatic carbocycles. The van der Waals surface area contributed by atoms with E-state index in [-0.39, 0.29) is 5.91 Å². The molecule has 27 heavy (non-hydrogen) atoms. The lowest BCUT2D eigenvalue weighted by molar-refractivity contribution is -0.118. The molecule has 0 atom stereocenters. The summed E-state index contributed by atoms with van der Waals surface area (Å²) in [4.78, 5) is 36.0. The maximum Gasteiger partial charge on any atom is 0.270 e. The van der Waals surface area contributed by atoms with Crippen molar-refractivity contribution in [3.63, 3.8) is 0 Å². The van der Waals surface area contributed by atoms with Gasteiger partial charge in [0.15, 0.2) is 0 Å². The zero-order chi connectivity index (χ0) is 19.2. The van der Waals surface area contributed by atoms with Gasteiger partial charge in [0, 0.05) is 44.0 Å². The van der Waals surface area contributed by atoms with Crippen LogP contribution in [0, 0.1) is 6.92 Å². The maximum absolute atomic E-state index is 12.6. The number of amides is 2. The number of nitrogens with one attached hydrogen (secondary N) is 1. The van der Waals surface area contributed by atoms with Gasteiger partial charge in [-0.2, -0.15) is 0 Å². The number of carbonyl (C=O) groups excluding carboxylic acids is 2. The number of piperazine rings is 1. The van der Waals surface area contributed by atoms with Crippen LogP contribution in [0.5, 0.6) is 5.75 Å². The number of aryl methyl sites for hydroxylation is 1. The van der Waals surface area contributed by atoms with Crippen molar-refractivity contribution in [3.8, 4) is 5.75 Å². The Morgan fingerprint density at radius 2 is 1.96 bits per heavy atom. The predicted octanol–water partition coefficient (Wildman–Crippen LogP) is 1.00. The minimum atomic E-state index is -0.265. The van der Waals surface area contributed by atoms with E-state index >= 15 is 0 Å². The van der Waals surface area contributed by atoms with Crippen molar-refractivity contribution in [1.29, 1.82) is 0 Å². The van der Waals surface area contributed by atoms with Crippen LogP contribution in [0.15, 0.2) is 30.3 Å². The second kappa shape index (κ2) is 8.48. The number of methoxy groups -OCH3 is 1. The maximum atomic E-state index is 12.6. The average molecular weight is 369 g/mol. The van der Waals surface area contributed by atoms with Crippen molar-refractivity contribution in [2.75, 3.05) is 38.2 Å². The van der Waals surface area contributed by atoms with Gasteiger partial charge in [-0.05, 0) is 19.1 Å². The zero-order valence-corrected chi connectivity index (χ0v) is 15.5. The minimum absolute atomic E-state index is 0.265. The normalized spacial score (nSPS) is 14.0. The number of anilines is 1. The quantitative estimate of drug-likeness (QED) is 0.765. The second-order valence-corrected chi connectivity index (χ2v) is 6.32. The third-order valence-electron chi connectivity index (χ3n) is 4.45.